The molecule has 2 unspecified atom stereocenters. The zero-order valence-corrected chi connectivity index (χ0v) is 16.9. The van der Waals surface area contributed by atoms with E-state index >= 15 is 0 Å². The molecule has 27 heavy (non-hydrogen) atoms. The first-order valence-corrected chi connectivity index (χ1v) is 9.61. The number of carbonyl (C=O) groups is 3. The molecule has 0 saturated carbocycles. The number of aliphatic carboxylic acids is 2. The SMILES string of the molecule is C[N+](C)(C)CC(CC(=O)O)OC(=O)CCCC(O)CCCCCCC(=O)O. The van der Waals surface area contributed by atoms with Crippen molar-refractivity contribution in [1.82, 2.24) is 0 Å². The van der Waals surface area contributed by atoms with Crippen LogP contribution in [0.3, 0.4) is 0 Å². The molecule has 0 heterocycles. The number of esters is 1. The van der Waals surface area contributed by atoms with Crippen molar-refractivity contribution in [2.24, 2.45) is 0 Å². The summed E-state index contributed by atoms with van der Waals surface area (Å²) in [6, 6.07) is 0. The van der Waals surface area contributed by atoms with Crippen LogP contribution in [0, 0.1) is 0 Å². The third kappa shape index (κ3) is 17.5. The molecule has 0 aliphatic heterocycles. The topological polar surface area (TPSA) is 121 Å². The van der Waals surface area contributed by atoms with Crippen molar-refractivity contribution >= 4 is 17.9 Å². The monoisotopic (exact) mass is 390 g/mol. The second kappa shape index (κ2) is 13.5. The van der Waals surface area contributed by atoms with Gasteiger partial charge in [-0.25, -0.2) is 0 Å². The van der Waals surface area contributed by atoms with Gasteiger partial charge in [0.05, 0.1) is 33.7 Å². The zero-order valence-electron chi connectivity index (χ0n) is 16.9. The van der Waals surface area contributed by atoms with Crippen molar-refractivity contribution in [3.8, 4) is 0 Å². The van der Waals surface area contributed by atoms with Gasteiger partial charge < -0.3 is 24.5 Å². The molecule has 0 bridgehead atoms. The molecule has 0 fully saturated rings. The van der Waals surface area contributed by atoms with Gasteiger partial charge in [-0.15, -0.1) is 0 Å². The quantitative estimate of drug-likeness (QED) is 0.209. The Bertz CT molecular complexity index is 459. The largest absolute Gasteiger partial charge is 0.481 e. The van der Waals surface area contributed by atoms with E-state index in [2.05, 4.69) is 0 Å². The number of carbonyl (C=O) groups excluding carboxylic acids is 1. The maximum atomic E-state index is 11.9. The third-order valence-electron chi connectivity index (χ3n) is 4.05. The number of hydrogen-bond acceptors (Lipinski definition) is 5. The van der Waals surface area contributed by atoms with E-state index in [-0.39, 0.29) is 19.3 Å². The molecule has 0 spiro atoms. The number of rotatable bonds is 16. The second-order valence-corrected chi connectivity index (χ2v) is 8.08. The summed E-state index contributed by atoms with van der Waals surface area (Å²) in [7, 11) is 5.71. The van der Waals surface area contributed by atoms with E-state index in [1.165, 1.54) is 0 Å². The number of likely N-dealkylation sites (N-methyl/N-ethyl adjacent to an activating group) is 1. The smallest absolute Gasteiger partial charge is 0.307 e. The molecular weight excluding hydrogens is 354 g/mol. The van der Waals surface area contributed by atoms with E-state index in [9.17, 15) is 19.5 Å². The van der Waals surface area contributed by atoms with Crippen molar-refractivity contribution in [1.29, 1.82) is 0 Å². The molecule has 0 aromatic heterocycles. The van der Waals surface area contributed by atoms with E-state index in [4.69, 9.17) is 14.9 Å². The summed E-state index contributed by atoms with van der Waals surface area (Å²) in [5.74, 6) is -2.22. The molecule has 3 N–H and O–H groups in total. The molecule has 2 atom stereocenters. The highest BCUT2D eigenvalue weighted by molar-refractivity contribution is 5.71. The van der Waals surface area contributed by atoms with Crippen LogP contribution < -0.4 is 0 Å². The van der Waals surface area contributed by atoms with E-state index in [1.807, 2.05) is 21.1 Å². The molecule has 0 saturated heterocycles. The molecule has 0 radical (unpaired) electrons. The number of carboxylic acids is 2. The fourth-order valence-electron chi connectivity index (χ4n) is 2.83. The molecule has 158 valence electrons. The molecular formula is C19H36NO7+. The van der Waals surface area contributed by atoms with Gasteiger partial charge in [-0.2, -0.15) is 0 Å². The van der Waals surface area contributed by atoms with Crippen molar-refractivity contribution < 1.29 is 38.9 Å². The van der Waals surface area contributed by atoms with Gasteiger partial charge in [0.2, 0.25) is 0 Å². The van der Waals surface area contributed by atoms with E-state index < -0.39 is 30.1 Å². The first-order chi connectivity index (χ1) is 12.5. The van der Waals surface area contributed by atoms with Gasteiger partial charge in [-0.3, -0.25) is 14.4 Å². The average Bonchev–Trinajstić information content (AvgIpc) is 2.47. The number of aliphatic hydroxyl groups is 1. The van der Waals surface area contributed by atoms with Crippen molar-refractivity contribution in [3.63, 3.8) is 0 Å². The molecule has 0 aliphatic rings. The van der Waals surface area contributed by atoms with Crippen LogP contribution in [0.5, 0.6) is 0 Å². The van der Waals surface area contributed by atoms with Crippen LogP contribution in [0.15, 0.2) is 0 Å². The highest BCUT2D eigenvalue weighted by atomic mass is 16.5. The van der Waals surface area contributed by atoms with Crippen LogP contribution >= 0.6 is 0 Å². The Morgan fingerprint density at radius 3 is 2.00 bits per heavy atom. The normalized spacial score (nSPS) is 13.8. The zero-order chi connectivity index (χ0) is 20.9. The molecule has 0 aliphatic carbocycles. The van der Waals surface area contributed by atoms with Crippen LogP contribution in [0.2, 0.25) is 0 Å². The van der Waals surface area contributed by atoms with Crippen molar-refractivity contribution in [2.75, 3.05) is 27.7 Å². The Kier molecular flexibility index (Phi) is 12.7. The van der Waals surface area contributed by atoms with Gasteiger partial charge in [-0.1, -0.05) is 19.3 Å². The predicted molar refractivity (Wildman–Crippen MR) is 100 cm³/mol. The second-order valence-electron chi connectivity index (χ2n) is 8.08. The lowest BCUT2D eigenvalue weighted by molar-refractivity contribution is -0.873. The number of nitrogens with zero attached hydrogens (tertiary/aromatic N) is 1. The lowest BCUT2D eigenvalue weighted by Gasteiger charge is -2.28. The highest BCUT2D eigenvalue weighted by Gasteiger charge is 2.24. The fourth-order valence-corrected chi connectivity index (χ4v) is 2.83. The summed E-state index contributed by atoms with van der Waals surface area (Å²) in [5.41, 5.74) is 0. The number of hydrogen-bond donors (Lipinski definition) is 3. The molecule has 0 rings (SSSR count). The Labute approximate surface area is 161 Å². The van der Waals surface area contributed by atoms with Crippen LogP contribution in [0.25, 0.3) is 0 Å². The minimum Gasteiger partial charge on any atom is -0.481 e. The Morgan fingerprint density at radius 2 is 1.44 bits per heavy atom. The summed E-state index contributed by atoms with van der Waals surface area (Å²) in [4.78, 5) is 33.3. The maximum Gasteiger partial charge on any atom is 0.307 e. The Hall–Kier alpha value is -1.67. The van der Waals surface area contributed by atoms with Crippen molar-refractivity contribution in [2.45, 2.75) is 76.4 Å². The fraction of sp³-hybridized carbons (Fsp3) is 0.842. The summed E-state index contributed by atoms with van der Waals surface area (Å²) < 4.78 is 5.80. The minimum atomic E-state index is -1.000. The summed E-state index contributed by atoms with van der Waals surface area (Å²) in [6.45, 7) is 0.419. The summed E-state index contributed by atoms with van der Waals surface area (Å²) in [6.07, 6.45) is 3.78. The van der Waals surface area contributed by atoms with E-state index in [0.29, 0.717) is 36.7 Å². The highest BCUT2D eigenvalue weighted by Crippen LogP contribution is 2.13. The van der Waals surface area contributed by atoms with Crippen molar-refractivity contribution in [3.05, 3.63) is 0 Å². The molecule has 0 amide bonds. The van der Waals surface area contributed by atoms with Crippen LogP contribution in [-0.4, -0.2) is 77.6 Å². The maximum absolute atomic E-state index is 11.9. The Balaban J connectivity index is 3.94. The number of quaternary nitrogens is 1. The van der Waals surface area contributed by atoms with Gasteiger partial charge in [0.15, 0.2) is 6.10 Å². The minimum absolute atomic E-state index is 0.156. The van der Waals surface area contributed by atoms with E-state index in [1.54, 1.807) is 0 Å². The van der Waals surface area contributed by atoms with Gasteiger partial charge >= 0.3 is 17.9 Å². The first kappa shape index (κ1) is 25.3. The third-order valence-corrected chi connectivity index (χ3v) is 4.05. The van der Waals surface area contributed by atoms with Crippen LogP contribution in [0.4, 0.5) is 0 Å². The van der Waals surface area contributed by atoms with Crippen LogP contribution in [0.1, 0.15) is 64.2 Å². The number of aliphatic hydroxyl groups excluding tert-OH is 1. The molecule has 0 aromatic carbocycles. The van der Waals surface area contributed by atoms with Gasteiger partial charge in [0.25, 0.3) is 0 Å². The number of carboxylic acid groups (broad SMARTS) is 2. The predicted octanol–water partition coefficient (Wildman–Crippen LogP) is 2.04. The lowest BCUT2D eigenvalue weighted by Crippen LogP contribution is -2.43. The molecule has 0 aromatic rings. The van der Waals surface area contributed by atoms with Crippen LogP contribution in [-0.2, 0) is 19.1 Å². The number of unbranched alkanes of at least 4 members (excludes halogenated alkanes) is 3. The van der Waals surface area contributed by atoms with Gasteiger partial charge in [-0.05, 0) is 25.7 Å². The van der Waals surface area contributed by atoms with E-state index in [0.717, 1.165) is 19.3 Å². The molecule has 8 nitrogen and oxygen atoms in total. The first-order valence-electron chi connectivity index (χ1n) is 9.61. The lowest BCUT2D eigenvalue weighted by atomic mass is 10.0. The summed E-state index contributed by atoms with van der Waals surface area (Å²) in [5, 5.41) is 27.4. The molecule has 8 heteroatoms. The average molecular weight is 390 g/mol. The number of ether oxygens (including phenoxy) is 1. The van der Waals surface area contributed by atoms with Gasteiger partial charge in [0, 0.05) is 12.8 Å². The Morgan fingerprint density at radius 1 is 0.852 bits per heavy atom. The van der Waals surface area contributed by atoms with Gasteiger partial charge in [0.1, 0.15) is 6.54 Å². The summed E-state index contributed by atoms with van der Waals surface area (Å²) >= 11 is 0. The standard InChI is InChI=1S/C19H35NO7/c1-20(2,3)14-16(13-18(24)25)27-19(26)12-8-10-15(21)9-6-4-5-7-11-17(22)23/h15-16,21H,4-14H2,1-3H3,(H-,22,23,24,25)/p+1.